The maximum Gasteiger partial charge on any atom is 0.343 e. The van der Waals surface area contributed by atoms with E-state index in [-0.39, 0.29) is 22.4 Å². The lowest BCUT2D eigenvalue weighted by Crippen LogP contribution is -2.09. The molecule has 0 aliphatic heterocycles. The molecular formula is C31H27F3O4. The Morgan fingerprint density at radius 3 is 1.84 bits per heavy atom. The van der Waals surface area contributed by atoms with E-state index >= 15 is 8.78 Å². The van der Waals surface area contributed by atoms with Crippen molar-refractivity contribution in [2.24, 2.45) is 0 Å². The summed E-state index contributed by atoms with van der Waals surface area (Å²) >= 11 is 0. The number of halogens is 3. The summed E-state index contributed by atoms with van der Waals surface area (Å²) in [4.78, 5) is 12.5. The zero-order valence-corrected chi connectivity index (χ0v) is 21.1. The minimum atomic E-state index is -1.00. The maximum absolute atomic E-state index is 15.1. The smallest absolute Gasteiger partial charge is 0.343 e. The van der Waals surface area contributed by atoms with Gasteiger partial charge in [0.2, 0.25) is 0 Å². The Balaban J connectivity index is 1.48. The normalized spacial score (nSPS) is 10.8. The molecule has 0 fully saturated rings. The highest BCUT2D eigenvalue weighted by Crippen LogP contribution is 2.32. The maximum atomic E-state index is 15.1. The highest BCUT2D eigenvalue weighted by molar-refractivity contribution is 5.91. The molecular weight excluding hydrogens is 493 g/mol. The van der Waals surface area contributed by atoms with Crippen LogP contribution in [0.2, 0.25) is 0 Å². The number of rotatable bonds is 10. The molecule has 0 aliphatic carbocycles. The average molecular weight is 521 g/mol. The zero-order chi connectivity index (χ0) is 27.1. The number of hydrogen-bond acceptors (Lipinski definition) is 4. The van der Waals surface area contributed by atoms with E-state index in [1.165, 1.54) is 48.5 Å². The SMILES string of the molecule is CCCCOc1ccc(-c2ccc(-c3ccc(C(=O)Oc4ccc(OCC)cc4F)cc3)c(F)c2F)cc1. The lowest BCUT2D eigenvalue weighted by molar-refractivity contribution is 0.0727. The Hall–Kier alpha value is -4.26. The Labute approximate surface area is 219 Å². The van der Waals surface area contributed by atoms with Gasteiger partial charge in [0.05, 0.1) is 18.8 Å². The molecule has 0 radical (unpaired) electrons. The van der Waals surface area contributed by atoms with Crippen LogP contribution in [-0.4, -0.2) is 19.2 Å². The van der Waals surface area contributed by atoms with Gasteiger partial charge in [-0.3, -0.25) is 0 Å². The van der Waals surface area contributed by atoms with E-state index < -0.39 is 23.4 Å². The van der Waals surface area contributed by atoms with Crippen LogP contribution in [-0.2, 0) is 0 Å². The van der Waals surface area contributed by atoms with Crippen LogP contribution in [0.15, 0.2) is 78.9 Å². The molecule has 0 saturated heterocycles. The summed E-state index contributed by atoms with van der Waals surface area (Å²) in [6.45, 7) is 4.82. The van der Waals surface area contributed by atoms with E-state index in [0.29, 0.717) is 35.8 Å². The quantitative estimate of drug-likeness (QED) is 0.120. The van der Waals surface area contributed by atoms with Crippen molar-refractivity contribution in [3.05, 3.63) is 102 Å². The van der Waals surface area contributed by atoms with Crippen molar-refractivity contribution >= 4 is 5.97 Å². The van der Waals surface area contributed by atoms with Crippen molar-refractivity contribution in [3.63, 3.8) is 0 Å². The molecule has 0 bridgehead atoms. The molecule has 4 aromatic carbocycles. The first-order chi connectivity index (χ1) is 18.4. The first kappa shape index (κ1) is 26.8. The fourth-order valence-corrected chi connectivity index (χ4v) is 3.83. The molecule has 0 unspecified atom stereocenters. The Morgan fingerprint density at radius 2 is 1.29 bits per heavy atom. The summed E-state index contributed by atoms with van der Waals surface area (Å²) in [5.74, 6) is -2.76. The zero-order valence-electron chi connectivity index (χ0n) is 21.1. The molecule has 7 heteroatoms. The van der Waals surface area contributed by atoms with Gasteiger partial charge in [-0.2, -0.15) is 0 Å². The second-order valence-corrected chi connectivity index (χ2v) is 8.51. The van der Waals surface area contributed by atoms with Gasteiger partial charge < -0.3 is 14.2 Å². The van der Waals surface area contributed by atoms with Gasteiger partial charge in [0.1, 0.15) is 11.5 Å². The summed E-state index contributed by atoms with van der Waals surface area (Å²) in [5.41, 5.74) is 1.19. The highest BCUT2D eigenvalue weighted by Gasteiger charge is 2.18. The van der Waals surface area contributed by atoms with Gasteiger partial charge in [-0.1, -0.05) is 49.7 Å². The standard InChI is InChI=1S/C31H27F3O4/c1-3-5-18-37-23-12-10-21(11-13-23)26-16-15-25(29(33)30(26)34)20-6-8-22(9-7-20)31(35)38-28-17-14-24(36-4-2)19-27(28)32/h6-17,19H,3-5,18H2,1-2H3. The van der Waals surface area contributed by atoms with E-state index in [1.54, 1.807) is 31.2 Å². The number of ether oxygens (including phenoxy) is 3. The summed E-state index contributed by atoms with van der Waals surface area (Å²) in [6, 6.07) is 19.5. The monoisotopic (exact) mass is 520 g/mol. The average Bonchev–Trinajstić information content (AvgIpc) is 2.93. The number of hydrogen-bond donors (Lipinski definition) is 0. The minimum Gasteiger partial charge on any atom is -0.494 e. The van der Waals surface area contributed by atoms with E-state index in [0.717, 1.165) is 18.9 Å². The van der Waals surface area contributed by atoms with Crippen LogP contribution in [0, 0.1) is 17.5 Å². The Kier molecular flexibility index (Phi) is 8.69. The van der Waals surface area contributed by atoms with Crippen molar-refractivity contribution in [1.29, 1.82) is 0 Å². The van der Waals surface area contributed by atoms with Gasteiger partial charge in [-0.25, -0.2) is 18.0 Å². The number of esters is 1. The fourth-order valence-electron chi connectivity index (χ4n) is 3.83. The number of benzene rings is 4. The van der Waals surface area contributed by atoms with Crippen molar-refractivity contribution in [2.45, 2.75) is 26.7 Å². The first-order valence-electron chi connectivity index (χ1n) is 12.4. The number of carbonyl (C=O) groups is 1. The molecule has 4 rings (SSSR count). The molecule has 0 atom stereocenters. The predicted molar refractivity (Wildman–Crippen MR) is 140 cm³/mol. The predicted octanol–water partition coefficient (Wildman–Crippen LogP) is 8.23. The van der Waals surface area contributed by atoms with Crippen molar-refractivity contribution in [2.75, 3.05) is 13.2 Å². The summed E-state index contributed by atoms with van der Waals surface area (Å²) in [6.07, 6.45) is 1.96. The van der Waals surface area contributed by atoms with E-state index in [1.807, 2.05) is 0 Å². The molecule has 4 nitrogen and oxygen atoms in total. The summed E-state index contributed by atoms with van der Waals surface area (Å²) in [5, 5.41) is 0. The highest BCUT2D eigenvalue weighted by atomic mass is 19.2. The van der Waals surface area contributed by atoms with Gasteiger partial charge in [0.15, 0.2) is 23.2 Å². The third-order valence-corrected chi connectivity index (χ3v) is 5.86. The van der Waals surface area contributed by atoms with Crippen LogP contribution >= 0.6 is 0 Å². The third kappa shape index (κ3) is 6.17. The first-order valence-corrected chi connectivity index (χ1v) is 12.4. The lowest BCUT2D eigenvalue weighted by atomic mass is 9.98. The molecule has 0 aliphatic rings. The van der Waals surface area contributed by atoms with Crippen molar-refractivity contribution in [3.8, 4) is 39.5 Å². The second-order valence-electron chi connectivity index (χ2n) is 8.51. The van der Waals surface area contributed by atoms with E-state index in [4.69, 9.17) is 14.2 Å². The lowest BCUT2D eigenvalue weighted by Gasteiger charge is -2.11. The summed E-state index contributed by atoms with van der Waals surface area (Å²) in [7, 11) is 0. The van der Waals surface area contributed by atoms with Crippen LogP contribution in [0.5, 0.6) is 17.2 Å². The van der Waals surface area contributed by atoms with Gasteiger partial charge >= 0.3 is 5.97 Å². The van der Waals surface area contributed by atoms with Crippen molar-refractivity contribution < 1.29 is 32.2 Å². The third-order valence-electron chi connectivity index (χ3n) is 5.86. The molecule has 0 heterocycles. The van der Waals surface area contributed by atoms with Gasteiger partial charge in [-0.05, 0) is 60.9 Å². The molecule has 0 saturated carbocycles. The Morgan fingerprint density at radius 1 is 0.711 bits per heavy atom. The molecule has 38 heavy (non-hydrogen) atoms. The molecule has 0 N–H and O–H groups in total. The van der Waals surface area contributed by atoms with Crippen LogP contribution < -0.4 is 14.2 Å². The van der Waals surface area contributed by atoms with E-state index in [2.05, 4.69) is 6.92 Å². The summed E-state index contributed by atoms with van der Waals surface area (Å²) < 4.78 is 60.3. The number of carbonyl (C=O) groups excluding carboxylic acids is 1. The van der Waals surface area contributed by atoms with Crippen LogP contribution in [0.3, 0.4) is 0 Å². The number of unbranched alkanes of at least 4 members (excludes halogenated alkanes) is 1. The fraction of sp³-hybridized carbons (Fsp3) is 0.194. The van der Waals surface area contributed by atoms with Crippen LogP contribution in [0.1, 0.15) is 37.0 Å². The molecule has 4 aromatic rings. The van der Waals surface area contributed by atoms with Gasteiger partial charge in [-0.15, -0.1) is 0 Å². The van der Waals surface area contributed by atoms with E-state index in [9.17, 15) is 9.18 Å². The molecule has 196 valence electrons. The van der Waals surface area contributed by atoms with Gasteiger partial charge in [0.25, 0.3) is 0 Å². The molecule has 0 spiro atoms. The van der Waals surface area contributed by atoms with Crippen molar-refractivity contribution in [1.82, 2.24) is 0 Å². The van der Waals surface area contributed by atoms with Crippen LogP contribution in [0.25, 0.3) is 22.3 Å². The van der Waals surface area contributed by atoms with Gasteiger partial charge in [0, 0.05) is 17.2 Å². The minimum absolute atomic E-state index is 0.0447. The van der Waals surface area contributed by atoms with Crippen LogP contribution in [0.4, 0.5) is 13.2 Å². The largest absolute Gasteiger partial charge is 0.494 e. The topological polar surface area (TPSA) is 44.8 Å². The Bertz CT molecular complexity index is 1400. The second kappa shape index (κ2) is 12.3. The molecule has 0 amide bonds. The molecule has 0 aromatic heterocycles.